The maximum absolute atomic E-state index is 11.4. The van der Waals surface area contributed by atoms with E-state index in [1.807, 2.05) is 37.3 Å². The van der Waals surface area contributed by atoms with Gasteiger partial charge >= 0.3 is 0 Å². The molecule has 1 N–H and O–H groups in total. The first kappa shape index (κ1) is 10.2. The average Bonchev–Trinajstić information content (AvgIpc) is 2.21. The minimum absolute atomic E-state index is 0.332. The third-order valence-corrected chi connectivity index (χ3v) is 1.82. The summed E-state index contributed by atoms with van der Waals surface area (Å²) < 4.78 is 0. The molecule has 0 aliphatic heterocycles. The summed E-state index contributed by atoms with van der Waals surface area (Å²) in [6, 6.07) is 9.23. The number of amides is 1. The lowest BCUT2D eigenvalue weighted by Crippen LogP contribution is -2.31. The van der Waals surface area contributed by atoms with Crippen molar-refractivity contribution < 1.29 is 10.0 Å². The maximum atomic E-state index is 11.4. The highest BCUT2D eigenvalue weighted by Gasteiger charge is 2.10. The quantitative estimate of drug-likeness (QED) is 0.448. The Hall–Kier alpha value is -1.84. The van der Waals surface area contributed by atoms with Gasteiger partial charge in [0.2, 0.25) is 0 Å². The molecule has 4 heteroatoms. The lowest BCUT2D eigenvalue weighted by atomic mass is 10.3. The largest absolute Gasteiger partial charge is 0.411 e. The van der Waals surface area contributed by atoms with Crippen LogP contribution in [0.3, 0.4) is 0 Å². The van der Waals surface area contributed by atoms with Crippen LogP contribution < -0.4 is 4.90 Å². The first-order valence-electron chi connectivity index (χ1n) is 4.33. The molecule has 0 fully saturated rings. The Morgan fingerprint density at radius 3 is 2.64 bits per heavy atom. The standard InChI is InChI=1S/C10H12N2O2/c1-2-12(10(13)8-11-14)9-6-4-3-5-7-9/h3-8,14H,2H2,1H3. The third-order valence-electron chi connectivity index (χ3n) is 1.82. The van der Waals surface area contributed by atoms with Crippen molar-refractivity contribution in [2.24, 2.45) is 5.16 Å². The molecular formula is C10H12N2O2. The fraction of sp³-hybridized carbons (Fsp3) is 0.200. The minimum atomic E-state index is -0.332. The van der Waals surface area contributed by atoms with Gasteiger partial charge in [0, 0.05) is 12.2 Å². The molecule has 0 radical (unpaired) electrons. The van der Waals surface area contributed by atoms with Gasteiger partial charge in [-0.3, -0.25) is 4.79 Å². The summed E-state index contributed by atoms with van der Waals surface area (Å²) in [4.78, 5) is 12.9. The van der Waals surface area contributed by atoms with Crippen molar-refractivity contribution in [3.05, 3.63) is 30.3 Å². The highest BCUT2D eigenvalue weighted by atomic mass is 16.4. The van der Waals surface area contributed by atoms with Crippen molar-refractivity contribution in [2.75, 3.05) is 11.4 Å². The summed E-state index contributed by atoms with van der Waals surface area (Å²) in [5.41, 5.74) is 0.792. The van der Waals surface area contributed by atoms with Crippen molar-refractivity contribution in [3.8, 4) is 0 Å². The van der Waals surface area contributed by atoms with Gasteiger partial charge in [-0.2, -0.15) is 0 Å². The minimum Gasteiger partial charge on any atom is -0.411 e. The summed E-state index contributed by atoms with van der Waals surface area (Å²) in [5.74, 6) is -0.332. The van der Waals surface area contributed by atoms with Crippen LogP contribution in [0.5, 0.6) is 0 Å². The smallest absolute Gasteiger partial charge is 0.272 e. The van der Waals surface area contributed by atoms with Gasteiger partial charge < -0.3 is 10.1 Å². The Balaban J connectivity index is 2.88. The van der Waals surface area contributed by atoms with Crippen LogP contribution in [-0.2, 0) is 4.79 Å². The Labute approximate surface area is 82.5 Å². The van der Waals surface area contributed by atoms with E-state index in [9.17, 15) is 4.79 Å². The Kier molecular flexibility index (Phi) is 3.67. The van der Waals surface area contributed by atoms with Gasteiger partial charge in [-0.15, -0.1) is 0 Å². The Bertz CT molecular complexity index is 322. The number of carbonyl (C=O) groups is 1. The zero-order valence-corrected chi connectivity index (χ0v) is 7.92. The fourth-order valence-electron chi connectivity index (χ4n) is 1.19. The van der Waals surface area contributed by atoms with Crippen molar-refractivity contribution in [3.63, 3.8) is 0 Å². The highest BCUT2D eigenvalue weighted by Crippen LogP contribution is 2.12. The first-order valence-corrected chi connectivity index (χ1v) is 4.33. The third kappa shape index (κ3) is 2.32. The molecule has 0 spiro atoms. The molecule has 0 aliphatic carbocycles. The number of oxime groups is 1. The number of rotatable bonds is 3. The van der Waals surface area contributed by atoms with Crippen LogP contribution in [0.15, 0.2) is 35.5 Å². The number of hydrogen-bond donors (Lipinski definition) is 1. The molecule has 0 saturated carbocycles. The lowest BCUT2D eigenvalue weighted by molar-refractivity contribution is -0.112. The topological polar surface area (TPSA) is 52.9 Å². The van der Waals surface area contributed by atoms with Gasteiger partial charge in [0.05, 0.1) is 0 Å². The van der Waals surface area contributed by atoms with Crippen molar-refractivity contribution >= 4 is 17.8 Å². The van der Waals surface area contributed by atoms with Crippen molar-refractivity contribution in [1.29, 1.82) is 0 Å². The number of nitrogens with zero attached hydrogens (tertiary/aromatic N) is 2. The zero-order chi connectivity index (χ0) is 10.4. The average molecular weight is 192 g/mol. The molecule has 1 rings (SSSR count). The van der Waals surface area contributed by atoms with Gasteiger partial charge in [-0.25, -0.2) is 0 Å². The summed E-state index contributed by atoms with van der Waals surface area (Å²) in [5, 5.41) is 11.0. The zero-order valence-electron chi connectivity index (χ0n) is 7.92. The summed E-state index contributed by atoms with van der Waals surface area (Å²) in [6.45, 7) is 2.39. The van der Waals surface area contributed by atoms with Crippen molar-refractivity contribution in [1.82, 2.24) is 0 Å². The van der Waals surface area contributed by atoms with Crippen LogP contribution in [0.1, 0.15) is 6.92 Å². The number of anilines is 1. The molecule has 1 aromatic carbocycles. The Morgan fingerprint density at radius 1 is 1.50 bits per heavy atom. The predicted molar refractivity (Wildman–Crippen MR) is 54.7 cm³/mol. The molecule has 4 nitrogen and oxygen atoms in total. The molecule has 1 amide bonds. The van der Waals surface area contributed by atoms with Crippen LogP contribution in [0.25, 0.3) is 0 Å². The first-order chi connectivity index (χ1) is 6.79. The van der Waals surface area contributed by atoms with Gasteiger partial charge in [0.1, 0.15) is 6.21 Å². The number of hydrogen-bond acceptors (Lipinski definition) is 3. The van der Waals surface area contributed by atoms with E-state index in [2.05, 4.69) is 5.16 Å². The molecule has 74 valence electrons. The lowest BCUT2D eigenvalue weighted by Gasteiger charge is -2.18. The normalized spacial score (nSPS) is 10.4. The number of benzene rings is 1. The summed E-state index contributed by atoms with van der Waals surface area (Å²) >= 11 is 0. The summed E-state index contributed by atoms with van der Waals surface area (Å²) in [7, 11) is 0. The second kappa shape index (κ2) is 5.01. The fourth-order valence-corrected chi connectivity index (χ4v) is 1.19. The number of carbonyl (C=O) groups excluding carboxylic acids is 1. The van der Waals surface area contributed by atoms with Crippen LogP contribution in [0.4, 0.5) is 5.69 Å². The van der Waals surface area contributed by atoms with Crippen LogP contribution in [0, 0.1) is 0 Å². The molecule has 0 saturated heterocycles. The maximum Gasteiger partial charge on any atom is 0.272 e. The molecule has 1 aromatic rings. The van der Waals surface area contributed by atoms with E-state index in [0.29, 0.717) is 6.54 Å². The number of para-hydroxylation sites is 1. The molecule has 0 aromatic heterocycles. The molecule has 0 bridgehead atoms. The van der Waals surface area contributed by atoms with Gasteiger partial charge in [0.25, 0.3) is 5.91 Å². The monoisotopic (exact) mass is 192 g/mol. The van der Waals surface area contributed by atoms with E-state index in [0.717, 1.165) is 11.9 Å². The van der Waals surface area contributed by atoms with E-state index in [-0.39, 0.29) is 5.91 Å². The molecule has 0 heterocycles. The van der Waals surface area contributed by atoms with E-state index >= 15 is 0 Å². The van der Waals surface area contributed by atoms with Crippen LogP contribution >= 0.6 is 0 Å². The van der Waals surface area contributed by atoms with E-state index in [4.69, 9.17) is 5.21 Å². The molecular weight excluding hydrogens is 180 g/mol. The molecule has 14 heavy (non-hydrogen) atoms. The molecule has 0 aliphatic rings. The van der Waals surface area contributed by atoms with E-state index < -0.39 is 0 Å². The highest BCUT2D eigenvalue weighted by molar-refractivity contribution is 6.32. The Morgan fingerprint density at radius 2 is 2.14 bits per heavy atom. The SMILES string of the molecule is CCN(C(=O)C=NO)c1ccccc1. The predicted octanol–water partition coefficient (Wildman–Crippen LogP) is 1.50. The van der Waals surface area contributed by atoms with Crippen LogP contribution in [-0.4, -0.2) is 23.9 Å². The van der Waals surface area contributed by atoms with Crippen molar-refractivity contribution in [2.45, 2.75) is 6.92 Å². The van der Waals surface area contributed by atoms with E-state index in [1.54, 1.807) is 0 Å². The van der Waals surface area contributed by atoms with Gasteiger partial charge in [-0.1, -0.05) is 23.4 Å². The van der Waals surface area contributed by atoms with Gasteiger partial charge in [-0.05, 0) is 19.1 Å². The van der Waals surface area contributed by atoms with E-state index in [1.165, 1.54) is 4.90 Å². The second-order valence-electron chi connectivity index (χ2n) is 2.66. The van der Waals surface area contributed by atoms with Gasteiger partial charge in [0.15, 0.2) is 0 Å². The molecule has 0 unspecified atom stereocenters. The van der Waals surface area contributed by atoms with Crippen LogP contribution in [0.2, 0.25) is 0 Å². The molecule has 0 atom stereocenters. The summed E-state index contributed by atoms with van der Waals surface area (Å²) in [6.07, 6.45) is 0.885. The second-order valence-corrected chi connectivity index (χ2v) is 2.66.